The van der Waals surface area contributed by atoms with Crippen molar-refractivity contribution in [1.82, 2.24) is 9.55 Å². The normalized spacial score (nSPS) is 12.1. The van der Waals surface area contributed by atoms with Crippen LogP contribution in [0.25, 0.3) is 22.4 Å². The summed E-state index contributed by atoms with van der Waals surface area (Å²) in [7, 11) is 0. The van der Waals surface area contributed by atoms with Gasteiger partial charge in [0.25, 0.3) is 0 Å². The number of carbonyl (C=O) groups is 1. The van der Waals surface area contributed by atoms with Gasteiger partial charge >= 0.3 is 12.5 Å². The molecule has 3 rings (SSSR count). The molecule has 25 heavy (non-hydrogen) atoms. The maximum Gasteiger partial charge on any atom is 0.342 e. The Bertz CT molecular complexity index is 941. The zero-order valence-electron chi connectivity index (χ0n) is 13.9. The Kier molecular flexibility index (Phi) is 4.24. The number of anilines is 1. The standard InChI is InChI=1S/C17H17F2N3O2S/c1-17(2,3)24-15(23)12-9(8-25-13(12)20)14-21-10-6-4-5-7-11(10)22(14)16(18)19/h4-8,16H,20H2,1-3H3. The van der Waals surface area contributed by atoms with Crippen LogP contribution in [0.4, 0.5) is 13.8 Å². The Hall–Kier alpha value is -2.48. The predicted molar refractivity (Wildman–Crippen MR) is 93.9 cm³/mol. The van der Waals surface area contributed by atoms with Gasteiger partial charge in [-0.15, -0.1) is 11.3 Å². The van der Waals surface area contributed by atoms with Crippen molar-refractivity contribution in [3.8, 4) is 11.4 Å². The molecule has 0 bridgehead atoms. The zero-order chi connectivity index (χ0) is 18.4. The second-order valence-corrected chi connectivity index (χ2v) is 7.37. The fourth-order valence-corrected chi connectivity index (χ4v) is 3.29. The second-order valence-electron chi connectivity index (χ2n) is 6.46. The minimum atomic E-state index is -2.81. The minimum absolute atomic E-state index is 0.00925. The van der Waals surface area contributed by atoms with Crippen LogP contribution >= 0.6 is 11.3 Å². The van der Waals surface area contributed by atoms with Crippen molar-refractivity contribution in [3.05, 3.63) is 35.2 Å². The highest BCUT2D eigenvalue weighted by Crippen LogP contribution is 2.37. The van der Waals surface area contributed by atoms with Crippen LogP contribution in [0.5, 0.6) is 0 Å². The average Bonchev–Trinajstić information content (AvgIpc) is 3.05. The number of nitrogen functional groups attached to an aromatic ring is 1. The number of rotatable bonds is 3. The number of ether oxygens (including phenoxy) is 1. The number of aromatic nitrogens is 2. The third kappa shape index (κ3) is 3.21. The van der Waals surface area contributed by atoms with Crippen molar-refractivity contribution in [3.63, 3.8) is 0 Å². The smallest absolute Gasteiger partial charge is 0.342 e. The van der Waals surface area contributed by atoms with Crippen LogP contribution in [0, 0.1) is 0 Å². The lowest BCUT2D eigenvalue weighted by Gasteiger charge is -2.20. The lowest BCUT2D eigenvalue weighted by atomic mass is 10.1. The number of nitrogens with two attached hydrogens (primary N) is 1. The number of carbonyl (C=O) groups excluding carboxylic acids is 1. The molecular weight excluding hydrogens is 348 g/mol. The van der Waals surface area contributed by atoms with E-state index in [0.29, 0.717) is 5.52 Å². The number of para-hydroxylation sites is 2. The average molecular weight is 365 g/mol. The largest absolute Gasteiger partial charge is 0.456 e. The monoisotopic (exact) mass is 365 g/mol. The van der Waals surface area contributed by atoms with Crippen LogP contribution in [0.2, 0.25) is 0 Å². The molecule has 0 saturated carbocycles. The summed E-state index contributed by atoms with van der Waals surface area (Å²) in [6.45, 7) is 2.36. The first-order chi connectivity index (χ1) is 11.7. The number of thiophene rings is 1. The summed E-state index contributed by atoms with van der Waals surface area (Å²) < 4.78 is 33.5. The molecule has 132 valence electrons. The molecule has 1 aromatic carbocycles. The quantitative estimate of drug-likeness (QED) is 0.683. The summed E-state index contributed by atoms with van der Waals surface area (Å²) in [5.41, 5.74) is 6.19. The van der Waals surface area contributed by atoms with Crippen LogP contribution in [0.3, 0.4) is 0 Å². The number of imidazole rings is 1. The van der Waals surface area contributed by atoms with Crippen molar-refractivity contribution in [2.45, 2.75) is 32.9 Å². The Balaban J connectivity index is 2.20. The first-order valence-electron chi connectivity index (χ1n) is 7.55. The number of benzene rings is 1. The highest BCUT2D eigenvalue weighted by molar-refractivity contribution is 7.14. The van der Waals surface area contributed by atoms with Gasteiger partial charge in [-0.2, -0.15) is 8.78 Å². The topological polar surface area (TPSA) is 70.1 Å². The number of hydrogen-bond donors (Lipinski definition) is 1. The summed E-state index contributed by atoms with van der Waals surface area (Å²) in [6.07, 6.45) is 0. The first-order valence-corrected chi connectivity index (χ1v) is 8.43. The molecule has 2 N–H and O–H groups in total. The maximum atomic E-state index is 13.7. The number of hydrogen-bond acceptors (Lipinski definition) is 5. The van der Waals surface area contributed by atoms with E-state index in [9.17, 15) is 13.6 Å². The molecule has 0 aliphatic carbocycles. The first kappa shape index (κ1) is 17.3. The molecule has 0 fully saturated rings. The Labute approximate surface area is 147 Å². The summed E-state index contributed by atoms with van der Waals surface area (Å²) in [5.74, 6) is -0.667. The summed E-state index contributed by atoms with van der Waals surface area (Å²) in [5, 5.41) is 1.76. The van der Waals surface area contributed by atoms with E-state index in [4.69, 9.17) is 10.5 Å². The van der Waals surface area contributed by atoms with E-state index in [1.807, 2.05) is 0 Å². The minimum Gasteiger partial charge on any atom is -0.456 e. The van der Waals surface area contributed by atoms with E-state index in [1.165, 1.54) is 0 Å². The number of halogens is 2. The van der Waals surface area contributed by atoms with Crippen LogP contribution in [0.1, 0.15) is 37.7 Å². The third-order valence-electron chi connectivity index (χ3n) is 3.45. The summed E-state index contributed by atoms with van der Waals surface area (Å²) in [6, 6.07) is 6.57. The summed E-state index contributed by atoms with van der Waals surface area (Å²) >= 11 is 1.09. The van der Waals surface area contributed by atoms with Gasteiger partial charge < -0.3 is 10.5 Å². The highest BCUT2D eigenvalue weighted by Gasteiger charge is 2.28. The van der Waals surface area contributed by atoms with E-state index in [0.717, 1.165) is 15.9 Å². The molecule has 0 spiro atoms. The van der Waals surface area contributed by atoms with Gasteiger partial charge in [-0.3, -0.25) is 4.57 Å². The van der Waals surface area contributed by atoms with Gasteiger partial charge in [0.15, 0.2) is 0 Å². The molecule has 0 aliphatic heterocycles. The van der Waals surface area contributed by atoms with Crippen molar-refractivity contribution in [2.75, 3.05) is 5.73 Å². The van der Waals surface area contributed by atoms with Gasteiger partial charge in [0, 0.05) is 10.9 Å². The molecule has 0 atom stereocenters. The maximum absolute atomic E-state index is 13.7. The number of nitrogens with zero attached hydrogens (tertiary/aromatic N) is 2. The molecule has 8 heteroatoms. The molecular formula is C17H17F2N3O2S. The van der Waals surface area contributed by atoms with E-state index in [1.54, 1.807) is 50.4 Å². The Morgan fingerprint density at radius 2 is 2.00 bits per heavy atom. The van der Waals surface area contributed by atoms with Gasteiger partial charge in [0.2, 0.25) is 0 Å². The van der Waals surface area contributed by atoms with Gasteiger partial charge in [0.05, 0.1) is 11.0 Å². The Morgan fingerprint density at radius 1 is 1.32 bits per heavy atom. The van der Waals surface area contributed by atoms with Crippen molar-refractivity contribution >= 4 is 33.3 Å². The van der Waals surface area contributed by atoms with E-state index < -0.39 is 18.1 Å². The number of fused-ring (bicyclic) bond motifs is 1. The molecule has 0 aliphatic rings. The predicted octanol–water partition coefficient (Wildman–Crippen LogP) is 4.70. The van der Waals surface area contributed by atoms with Crippen molar-refractivity contribution < 1.29 is 18.3 Å². The third-order valence-corrected chi connectivity index (χ3v) is 4.27. The Morgan fingerprint density at radius 3 is 2.64 bits per heavy atom. The molecule has 5 nitrogen and oxygen atoms in total. The van der Waals surface area contributed by atoms with Crippen LogP contribution in [0.15, 0.2) is 29.6 Å². The van der Waals surface area contributed by atoms with Crippen molar-refractivity contribution in [1.29, 1.82) is 0 Å². The van der Waals surface area contributed by atoms with E-state index in [2.05, 4.69) is 4.98 Å². The van der Waals surface area contributed by atoms with Crippen LogP contribution < -0.4 is 5.73 Å². The molecule has 2 aromatic heterocycles. The summed E-state index contributed by atoms with van der Waals surface area (Å²) in [4.78, 5) is 16.8. The van der Waals surface area contributed by atoms with Gasteiger partial charge in [-0.25, -0.2) is 9.78 Å². The van der Waals surface area contributed by atoms with Crippen LogP contribution in [-0.2, 0) is 4.74 Å². The molecule has 0 radical (unpaired) electrons. The van der Waals surface area contributed by atoms with Crippen molar-refractivity contribution in [2.24, 2.45) is 0 Å². The lowest BCUT2D eigenvalue weighted by Crippen LogP contribution is -2.24. The number of esters is 1. The molecule has 2 heterocycles. The fourth-order valence-electron chi connectivity index (χ4n) is 2.51. The highest BCUT2D eigenvalue weighted by atomic mass is 32.1. The molecule has 0 amide bonds. The second kappa shape index (κ2) is 6.11. The molecule has 0 unspecified atom stereocenters. The molecule has 3 aromatic rings. The van der Waals surface area contributed by atoms with E-state index >= 15 is 0 Å². The SMILES string of the molecule is CC(C)(C)OC(=O)c1c(-c2nc3ccccc3n2C(F)F)csc1N. The van der Waals surface area contributed by atoms with E-state index in [-0.39, 0.29) is 27.5 Å². The number of alkyl halides is 2. The zero-order valence-corrected chi connectivity index (χ0v) is 14.7. The lowest BCUT2D eigenvalue weighted by molar-refractivity contribution is 0.00716. The van der Waals surface area contributed by atoms with Gasteiger partial charge in [0.1, 0.15) is 22.0 Å². The van der Waals surface area contributed by atoms with Gasteiger partial charge in [-0.1, -0.05) is 12.1 Å². The van der Waals surface area contributed by atoms with Crippen LogP contribution in [-0.4, -0.2) is 21.1 Å². The fraction of sp³-hybridized carbons (Fsp3) is 0.294. The van der Waals surface area contributed by atoms with Gasteiger partial charge in [-0.05, 0) is 32.9 Å². The molecule has 0 saturated heterocycles.